The lowest BCUT2D eigenvalue weighted by atomic mass is 10.2. The van der Waals surface area contributed by atoms with Crippen LogP contribution in [0.5, 0.6) is 5.75 Å². The molecule has 2 nitrogen and oxygen atoms in total. The quantitative estimate of drug-likeness (QED) is 0.733. The second kappa shape index (κ2) is 4.33. The number of halogens is 1. The zero-order valence-corrected chi connectivity index (χ0v) is 7.71. The number of para-hydroxylation sites is 1. The zero-order chi connectivity index (χ0) is 8.97. The van der Waals surface area contributed by atoms with E-state index >= 15 is 0 Å². The Labute approximate surface area is 77.3 Å². The lowest BCUT2D eigenvalue weighted by molar-refractivity contribution is 0.298. The van der Waals surface area contributed by atoms with Crippen LogP contribution in [-0.4, -0.2) is 5.56 Å². The fourth-order valence-electron chi connectivity index (χ4n) is 0.962. The number of alkyl halides is 1. The van der Waals surface area contributed by atoms with Crippen molar-refractivity contribution in [3.8, 4) is 5.75 Å². The van der Waals surface area contributed by atoms with E-state index in [1.807, 2.05) is 24.3 Å². The van der Waals surface area contributed by atoms with Crippen molar-refractivity contribution in [2.75, 3.05) is 0 Å². The average Bonchev–Trinajstić information content (AvgIpc) is 2.04. The number of hydrogen-bond acceptors (Lipinski definition) is 2. The van der Waals surface area contributed by atoms with Gasteiger partial charge in [-0.25, -0.2) is 0 Å². The van der Waals surface area contributed by atoms with Crippen LogP contribution in [0.2, 0.25) is 0 Å². The van der Waals surface area contributed by atoms with Gasteiger partial charge in [0.25, 0.3) is 0 Å². The van der Waals surface area contributed by atoms with Crippen molar-refractivity contribution in [2.45, 2.75) is 19.0 Å². The molecule has 1 aromatic rings. The molecule has 0 aromatic heterocycles. The normalized spacial score (nSPS) is 12.6. The third kappa shape index (κ3) is 2.40. The van der Waals surface area contributed by atoms with Crippen LogP contribution in [0.4, 0.5) is 0 Å². The maximum Gasteiger partial charge on any atom is 0.169 e. The highest BCUT2D eigenvalue weighted by atomic mass is 35.5. The minimum Gasteiger partial charge on any atom is -0.475 e. The van der Waals surface area contributed by atoms with E-state index in [2.05, 4.69) is 0 Å². The topological polar surface area (TPSA) is 35.2 Å². The number of hydrogen-bond donors (Lipinski definition) is 1. The summed E-state index contributed by atoms with van der Waals surface area (Å²) < 4.78 is 5.32. The SMILES string of the molecule is CC(Cl)Oc1ccccc1CN. The molecule has 0 aliphatic rings. The molecule has 2 N–H and O–H groups in total. The van der Waals surface area contributed by atoms with Gasteiger partial charge in [0.15, 0.2) is 5.56 Å². The van der Waals surface area contributed by atoms with Gasteiger partial charge >= 0.3 is 0 Å². The fraction of sp³-hybridized carbons (Fsp3) is 0.333. The molecule has 0 aliphatic carbocycles. The van der Waals surface area contributed by atoms with Crippen LogP contribution in [0.1, 0.15) is 12.5 Å². The van der Waals surface area contributed by atoms with Gasteiger partial charge in [-0.15, -0.1) is 0 Å². The Bertz CT molecular complexity index is 250. The summed E-state index contributed by atoms with van der Waals surface area (Å²) in [5, 5.41) is 0. The molecular weight excluding hydrogens is 174 g/mol. The largest absolute Gasteiger partial charge is 0.475 e. The minimum absolute atomic E-state index is 0.322. The van der Waals surface area contributed by atoms with E-state index in [9.17, 15) is 0 Å². The molecule has 0 heterocycles. The third-order valence-electron chi connectivity index (χ3n) is 1.48. The van der Waals surface area contributed by atoms with Crippen LogP contribution in [0, 0.1) is 0 Å². The summed E-state index contributed by atoms with van der Waals surface area (Å²) in [5.74, 6) is 0.766. The molecule has 0 saturated carbocycles. The molecule has 3 heteroatoms. The number of ether oxygens (including phenoxy) is 1. The highest BCUT2D eigenvalue weighted by molar-refractivity contribution is 6.19. The number of rotatable bonds is 3. The van der Waals surface area contributed by atoms with Gasteiger partial charge in [0.05, 0.1) is 0 Å². The molecule has 0 spiro atoms. The smallest absolute Gasteiger partial charge is 0.169 e. The maximum absolute atomic E-state index is 5.68. The van der Waals surface area contributed by atoms with Crippen molar-refractivity contribution in [2.24, 2.45) is 5.73 Å². The molecule has 0 saturated heterocycles. The predicted molar refractivity (Wildman–Crippen MR) is 50.3 cm³/mol. The summed E-state index contributed by atoms with van der Waals surface area (Å²) in [6.45, 7) is 2.24. The molecule has 0 fully saturated rings. The Kier molecular flexibility index (Phi) is 3.38. The van der Waals surface area contributed by atoms with E-state index in [-0.39, 0.29) is 5.56 Å². The molecule has 0 amide bonds. The predicted octanol–water partition coefficient (Wildman–Crippen LogP) is 2.11. The summed E-state index contributed by atoms with van der Waals surface area (Å²) in [7, 11) is 0. The Morgan fingerprint density at radius 1 is 1.50 bits per heavy atom. The van der Waals surface area contributed by atoms with Crippen molar-refractivity contribution in [3.05, 3.63) is 29.8 Å². The first kappa shape index (κ1) is 9.36. The van der Waals surface area contributed by atoms with E-state index < -0.39 is 0 Å². The van der Waals surface area contributed by atoms with Crippen LogP contribution < -0.4 is 10.5 Å². The Balaban J connectivity index is 2.82. The van der Waals surface area contributed by atoms with Crippen LogP contribution in [0.3, 0.4) is 0 Å². The monoisotopic (exact) mass is 185 g/mol. The number of nitrogens with two attached hydrogens (primary N) is 1. The van der Waals surface area contributed by atoms with Crippen LogP contribution >= 0.6 is 11.6 Å². The molecule has 66 valence electrons. The summed E-state index contributed by atoms with van der Waals surface area (Å²) in [4.78, 5) is 0. The molecule has 0 aliphatic heterocycles. The lowest BCUT2D eigenvalue weighted by Gasteiger charge is -2.10. The highest BCUT2D eigenvalue weighted by Crippen LogP contribution is 2.19. The van der Waals surface area contributed by atoms with E-state index in [0.29, 0.717) is 6.54 Å². The second-order valence-corrected chi connectivity index (χ2v) is 3.09. The number of benzene rings is 1. The highest BCUT2D eigenvalue weighted by Gasteiger charge is 2.02. The molecule has 0 bridgehead atoms. The first-order valence-corrected chi connectivity index (χ1v) is 4.26. The van der Waals surface area contributed by atoms with Gasteiger partial charge in [-0.05, 0) is 13.0 Å². The standard InChI is InChI=1S/C9H12ClNO/c1-7(10)12-9-5-3-2-4-8(9)6-11/h2-5,7H,6,11H2,1H3. The second-order valence-electron chi connectivity index (χ2n) is 2.47. The van der Waals surface area contributed by atoms with Crippen molar-refractivity contribution in [1.82, 2.24) is 0 Å². The zero-order valence-electron chi connectivity index (χ0n) is 6.96. The summed E-state index contributed by atoms with van der Waals surface area (Å²) >= 11 is 5.68. The maximum atomic E-state index is 5.68. The van der Waals surface area contributed by atoms with E-state index in [1.165, 1.54) is 0 Å². The summed E-state index contributed by atoms with van der Waals surface area (Å²) in [6, 6.07) is 7.61. The molecule has 12 heavy (non-hydrogen) atoms. The average molecular weight is 186 g/mol. The van der Waals surface area contributed by atoms with Gasteiger partial charge in [-0.1, -0.05) is 29.8 Å². The van der Waals surface area contributed by atoms with Gasteiger partial charge in [-0.3, -0.25) is 0 Å². The van der Waals surface area contributed by atoms with Gasteiger partial charge < -0.3 is 10.5 Å². The van der Waals surface area contributed by atoms with E-state index in [1.54, 1.807) is 6.92 Å². The summed E-state index contributed by atoms with van der Waals surface area (Å²) in [5.41, 5.74) is 6.16. The van der Waals surface area contributed by atoms with E-state index in [0.717, 1.165) is 11.3 Å². The van der Waals surface area contributed by atoms with Gasteiger partial charge in [0.2, 0.25) is 0 Å². The van der Waals surface area contributed by atoms with E-state index in [4.69, 9.17) is 22.1 Å². The molecule has 1 atom stereocenters. The van der Waals surface area contributed by atoms with Crippen LogP contribution in [0.25, 0.3) is 0 Å². The van der Waals surface area contributed by atoms with Gasteiger partial charge in [0, 0.05) is 12.1 Å². The van der Waals surface area contributed by atoms with Crippen LogP contribution in [0.15, 0.2) is 24.3 Å². The molecular formula is C9H12ClNO. The Morgan fingerprint density at radius 2 is 2.17 bits per heavy atom. The lowest BCUT2D eigenvalue weighted by Crippen LogP contribution is -2.06. The molecule has 0 radical (unpaired) electrons. The first-order chi connectivity index (χ1) is 5.74. The van der Waals surface area contributed by atoms with Crippen molar-refractivity contribution in [3.63, 3.8) is 0 Å². The fourth-order valence-corrected chi connectivity index (χ4v) is 1.06. The van der Waals surface area contributed by atoms with Gasteiger partial charge in [-0.2, -0.15) is 0 Å². The van der Waals surface area contributed by atoms with Crippen molar-refractivity contribution in [1.29, 1.82) is 0 Å². The summed E-state index contributed by atoms with van der Waals surface area (Å²) in [6.07, 6.45) is 0. The van der Waals surface area contributed by atoms with Gasteiger partial charge in [0.1, 0.15) is 5.75 Å². The Morgan fingerprint density at radius 3 is 2.75 bits per heavy atom. The van der Waals surface area contributed by atoms with Crippen molar-refractivity contribution >= 4 is 11.6 Å². The van der Waals surface area contributed by atoms with Crippen LogP contribution in [-0.2, 0) is 6.54 Å². The minimum atomic E-state index is -0.322. The third-order valence-corrected chi connectivity index (χ3v) is 1.57. The molecule has 1 unspecified atom stereocenters. The Hall–Kier alpha value is -0.730. The first-order valence-electron chi connectivity index (χ1n) is 3.82. The molecule has 1 rings (SSSR count). The molecule has 1 aromatic carbocycles. The van der Waals surface area contributed by atoms with Crippen molar-refractivity contribution < 1.29 is 4.74 Å².